The first-order valence-electron chi connectivity index (χ1n) is 5.42. The number of carbonyl (C=O) groups is 1. The molecule has 1 aromatic rings. The summed E-state index contributed by atoms with van der Waals surface area (Å²) in [7, 11) is 3.29. The van der Waals surface area contributed by atoms with Gasteiger partial charge in [-0.25, -0.2) is 0 Å². The highest BCUT2D eigenvalue weighted by Gasteiger charge is 2.11. The van der Waals surface area contributed by atoms with E-state index >= 15 is 0 Å². The number of nitrogens with zero attached hydrogens (tertiary/aromatic N) is 2. The van der Waals surface area contributed by atoms with Gasteiger partial charge in [0.15, 0.2) is 0 Å². The lowest BCUT2D eigenvalue weighted by atomic mass is 10.1. The molecule has 0 fully saturated rings. The van der Waals surface area contributed by atoms with Crippen LogP contribution in [0.4, 0.5) is 0 Å². The van der Waals surface area contributed by atoms with E-state index in [9.17, 15) is 4.79 Å². The van der Waals surface area contributed by atoms with Gasteiger partial charge in [0.05, 0.1) is 26.0 Å². The molecule has 0 saturated carbocycles. The number of rotatable bonds is 5. The molecule has 1 aromatic carbocycles. The second-order valence-corrected chi connectivity index (χ2v) is 3.71. The summed E-state index contributed by atoms with van der Waals surface area (Å²) < 4.78 is 5.18. The van der Waals surface area contributed by atoms with Crippen LogP contribution in [0.25, 0.3) is 0 Å². The average molecular weight is 232 g/mol. The van der Waals surface area contributed by atoms with E-state index in [4.69, 9.17) is 10.00 Å². The van der Waals surface area contributed by atoms with E-state index in [1.54, 1.807) is 19.1 Å². The zero-order valence-corrected chi connectivity index (χ0v) is 10.1. The molecule has 0 saturated heterocycles. The van der Waals surface area contributed by atoms with Crippen molar-refractivity contribution in [3.05, 3.63) is 29.8 Å². The van der Waals surface area contributed by atoms with Crippen LogP contribution in [-0.4, -0.2) is 31.5 Å². The smallest absolute Gasteiger partial charge is 0.226 e. The van der Waals surface area contributed by atoms with Gasteiger partial charge in [0, 0.05) is 19.2 Å². The van der Waals surface area contributed by atoms with Crippen LogP contribution in [0, 0.1) is 11.3 Å². The maximum Gasteiger partial charge on any atom is 0.226 e. The molecule has 4 nitrogen and oxygen atoms in total. The number of likely N-dealkylation sites (N-methyl/N-ethyl adjacent to an activating group) is 1. The summed E-state index contributed by atoms with van der Waals surface area (Å²) >= 11 is 0. The monoisotopic (exact) mass is 232 g/mol. The van der Waals surface area contributed by atoms with Gasteiger partial charge >= 0.3 is 0 Å². The van der Waals surface area contributed by atoms with Crippen molar-refractivity contribution in [3.8, 4) is 11.8 Å². The maximum atomic E-state index is 11.8. The quantitative estimate of drug-likeness (QED) is 0.775. The van der Waals surface area contributed by atoms with Crippen molar-refractivity contribution in [2.75, 3.05) is 20.7 Å². The molecule has 0 aliphatic heterocycles. The van der Waals surface area contributed by atoms with E-state index in [1.165, 1.54) is 0 Å². The standard InChI is InChI=1S/C13H16N2O2/c1-15(9-5-8-14)13(16)10-11-6-3-4-7-12(11)17-2/h3-4,6-7H,5,9-10H2,1-2H3. The van der Waals surface area contributed by atoms with Crippen LogP contribution in [0.1, 0.15) is 12.0 Å². The Morgan fingerprint density at radius 1 is 1.47 bits per heavy atom. The summed E-state index contributed by atoms with van der Waals surface area (Å²) in [4.78, 5) is 13.4. The van der Waals surface area contributed by atoms with E-state index in [0.29, 0.717) is 19.4 Å². The lowest BCUT2D eigenvalue weighted by molar-refractivity contribution is -0.129. The van der Waals surface area contributed by atoms with Crippen LogP contribution in [-0.2, 0) is 11.2 Å². The van der Waals surface area contributed by atoms with Gasteiger partial charge in [-0.05, 0) is 6.07 Å². The largest absolute Gasteiger partial charge is 0.496 e. The zero-order chi connectivity index (χ0) is 12.7. The fourth-order valence-electron chi connectivity index (χ4n) is 1.49. The van der Waals surface area contributed by atoms with Crippen molar-refractivity contribution in [2.24, 2.45) is 0 Å². The van der Waals surface area contributed by atoms with Gasteiger partial charge in [-0.2, -0.15) is 5.26 Å². The van der Waals surface area contributed by atoms with E-state index in [2.05, 4.69) is 0 Å². The Kier molecular flexibility index (Phi) is 5.02. The van der Waals surface area contributed by atoms with Gasteiger partial charge in [0.2, 0.25) is 5.91 Å². The number of nitriles is 1. The molecule has 1 rings (SSSR count). The van der Waals surface area contributed by atoms with Crippen molar-refractivity contribution in [1.82, 2.24) is 4.90 Å². The second-order valence-electron chi connectivity index (χ2n) is 3.71. The van der Waals surface area contributed by atoms with Gasteiger partial charge in [-0.3, -0.25) is 4.79 Å². The number of carbonyl (C=O) groups excluding carboxylic acids is 1. The fourth-order valence-corrected chi connectivity index (χ4v) is 1.49. The molecule has 4 heteroatoms. The SMILES string of the molecule is COc1ccccc1CC(=O)N(C)CCC#N. The average Bonchev–Trinajstić information content (AvgIpc) is 2.36. The minimum Gasteiger partial charge on any atom is -0.496 e. The number of para-hydroxylation sites is 1. The first kappa shape index (κ1) is 13.0. The van der Waals surface area contributed by atoms with Gasteiger partial charge in [-0.15, -0.1) is 0 Å². The van der Waals surface area contributed by atoms with Gasteiger partial charge < -0.3 is 9.64 Å². The fraction of sp³-hybridized carbons (Fsp3) is 0.385. The Hall–Kier alpha value is -2.02. The van der Waals surface area contributed by atoms with Crippen molar-refractivity contribution in [1.29, 1.82) is 5.26 Å². The summed E-state index contributed by atoms with van der Waals surface area (Å²) in [5, 5.41) is 8.46. The Morgan fingerprint density at radius 3 is 2.82 bits per heavy atom. The molecule has 0 N–H and O–H groups in total. The molecule has 90 valence electrons. The molecule has 0 bridgehead atoms. The summed E-state index contributed by atoms with van der Waals surface area (Å²) in [5.74, 6) is 0.708. The molecule has 0 unspecified atom stereocenters. The van der Waals surface area contributed by atoms with Crippen LogP contribution in [0.3, 0.4) is 0 Å². The Bertz CT molecular complexity index is 424. The number of hydrogen-bond acceptors (Lipinski definition) is 3. The predicted molar refractivity (Wildman–Crippen MR) is 64.6 cm³/mol. The van der Waals surface area contributed by atoms with Gasteiger partial charge in [-0.1, -0.05) is 18.2 Å². The zero-order valence-electron chi connectivity index (χ0n) is 10.1. The Balaban J connectivity index is 2.64. The molecule has 0 atom stereocenters. The Morgan fingerprint density at radius 2 is 2.18 bits per heavy atom. The topological polar surface area (TPSA) is 53.3 Å². The van der Waals surface area contributed by atoms with Crippen LogP contribution in [0.5, 0.6) is 5.75 Å². The minimum atomic E-state index is -0.00949. The van der Waals surface area contributed by atoms with Crippen molar-refractivity contribution < 1.29 is 9.53 Å². The van der Waals surface area contributed by atoms with Crippen molar-refractivity contribution in [3.63, 3.8) is 0 Å². The number of ether oxygens (including phenoxy) is 1. The van der Waals surface area contributed by atoms with Gasteiger partial charge in [0.1, 0.15) is 5.75 Å². The highest BCUT2D eigenvalue weighted by molar-refractivity contribution is 5.79. The van der Waals surface area contributed by atoms with E-state index in [0.717, 1.165) is 11.3 Å². The molecular weight excluding hydrogens is 216 g/mol. The van der Waals surface area contributed by atoms with Crippen LogP contribution in [0.2, 0.25) is 0 Å². The van der Waals surface area contributed by atoms with Crippen LogP contribution in [0.15, 0.2) is 24.3 Å². The van der Waals surface area contributed by atoms with Crippen LogP contribution >= 0.6 is 0 Å². The van der Waals surface area contributed by atoms with Gasteiger partial charge in [0.25, 0.3) is 0 Å². The third-order valence-corrected chi connectivity index (χ3v) is 2.52. The lowest BCUT2D eigenvalue weighted by Crippen LogP contribution is -2.29. The molecular formula is C13H16N2O2. The van der Waals surface area contributed by atoms with E-state index in [-0.39, 0.29) is 5.91 Å². The third-order valence-electron chi connectivity index (χ3n) is 2.52. The lowest BCUT2D eigenvalue weighted by Gasteiger charge is -2.16. The van der Waals surface area contributed by atoms with E-state index in [1.807, 2.05) is 30.3 Å². The molecule has 0 aromatic heterocycles. The molecule has 0 heterocycles. The first-order valence-corrected chi connectivity index (χ1v) is 5.42. The molecule has 1 amide bonds. The highest BCUT2D eigenvalue weighted by atomic mass is 16.5. The van der Waals surface area contributed by atoms with Crippen LogP contribution < -0.4 is 4.74 Å². The summed E-state index contributed by atoms with van der Waals surface area (Å²) in [6.07, 6.45) is 0.653. The Labute approximate surface area is 101 Å². The second kappa shape index (κ2) is 6.54. The molecule has 17 heavy (non-hydrogen) atoms. The van der Waals surface area contributed by atoms with E-state index < -0.39 is 0 Å². The van der Waals surface area contributed by atoms with Crippen molar-refractivity contribution in [2.45, 2.75) is 12.8 Å². The highest BCUT2D eigenvalue weighted by Crippen LogP contribution is 2.18. The molecule has 0 aliphatic carbocycles. The first-order chi connectivity index (χ1) is 8.19. The summed E-state index contributed by atoms with van der Waals surface area (Å²) in [6, 6.07) is 9.47. The minimum absolute atomic E-state index is 0.00949. The number of benzene rings is 1. The molecule has 0 spiro atoms. The number of hydrogen-bond donors (Lipinski definition) is 0. The van der Waals surface area contributed by atoms with Crippen molar-refractivity contribution >= 4 is 5.91 Å². The predicted octanol–water partition coefficient (Wildman–Crippen LogP) is 1.61. The normalized spacial score (nSPS) is 9.47. The number of amides is 1. The number of methoxy groups -OCH3 is 1. The summed E-state index contributed by atoms with van der Waals surface area (Å²) in [5.41, 5.74) is 0.865. The molecule has 0 aliphatic rings. The molecule has 0 radical (unpaired) electrons. The summed E-state index contributed by atoms with van der Waals surface area (Å²) in [6.45, 7) is 0.463. The third kappa shape index (κ3) is 3.80. The maximum absolute atomic E-state index is 11.8.